The van der Waals surface area contributed by atoms with Crippen molar-refractivity contribution in [3.05, 3.63) is 34.9 Å². The van der Waals surface area contributed by atoms with Crippen LogP contribution >= 0.6 is 11.6 Å². The van der Waals surface area contributed by atoms with Crippen LogP contribution < -0.4 is 5.32 Å². The first kappa shape index (κ1) is 11.5. The maximum atomic E-state index is 9.34. The minimum Gasteiger partial charge on any atom is -0.394 e. The van der Waals surface area contributed by atoms with Gasteiger partial charge in [0.25, 0.3) is 0 Å². The van der Waals surface area contributed by atoms with Crippen LogP contribution in [0.15, 0.2) is 24.3 Å². The van der Waals surface area contributed by atoms with Gasteiger partial charge in [-0.15, -0.1) is 0 Å². The highest BCUT2D eigenvalue weighted by atomic mass is 35.5. The van der Waals surface area contributed by atoms with Gasteiger partial charge in [-0.05, 0) is 31.2 Å². The van der Waals surface area contributed by atoms with Crippen molar-refractivity contribution in [3.63, 3.8) is 0 Å². The van der Waals surface area contributed by atoms with Crippen molar-refractivity contribution in [3.8, 4) is 0 Å². The maximum Gasteiger partial charge on any atom is 0.0652 e. The molecule has 78 valence electrons. The van der Waals surface area contributed by atoms with Crippen LogP contribution in [-0.2, 0) is 5.54 Å². The molecule has 0 fully saturated rings. The van der Waals surface area contributed by atoms with Crippen molar-refractivity contribution < 1.29 is 5.11 Å². The Balaban J connectivity index is 2.94. The number of hydrogen-bond donors (Lipinski definition) is 2. The Bertz CT molecular complexity index is 286. The molecule has 0 aromatic heterocycles. The van der Waals surface area contributed by atoms with E-state index in [-0.39, 0.29) is 12.1 Å². The summed E-state index contributed by atoms with van der Waals surface area (Å²) in [6.45, 7) is 4.88. The molecule has 1 aromatic carbocycles. The van der Waals surface area contributed by atoms with Gasteiger partial charge in [0.2, 0.25) is 0 Å². The second-order valence-electron chi connectivity index (χ2n) is 3.53. The third kappa shape index (κ3) is 2.47. The highest BCUT2D eigenvalue weighted by Crippen LogP contribution is 2.21. The first-order valence-electron chi connectivity index (χ1n) is 4.74. The van der Waals surface area contributed by atoms with Crippen molar-refractivity contribution in [1.29, 1.82) is 0 Å². The van der Waals surface area contributed by atoms with Gasteiger partial charge in [-0.2, -0.15) is 0 Å². The van der Waals surface area contributed by atoms with Crippen LogP contribution in [0, 0.1) is 0 Å². The molecule has 1 aromatic rings. The lowest BCUT2D eigenvalue weighted by Crippen LogP contribution is -2.42. The first-order chi connectivity index (χ1) is 6.62. The van der Waals surface area contributed by atoms with Gasteiger partial charge in [0, 0.05) is 5.02 Å². The molecule has 1 unspecified atom stereocenters. The molecule has 0 spiro atoms. The van der Waals surface area contributed by atoms with Gasteiger partial charge >= 0.3 is 0 Å². The fraction of sp³-hybridized carbons (Fsp3) is 0.455. The molecule has 0 bridgehead atoms. The quantitative estimate of drug-likeness (QED) is 0.804. The zero-order valence-corrected chi connectivity index (χ0v) is 9.30. The maximum absolute atomic E-state index is 9.34. The predicted molar refractivity (Wildman–Crippen MR) is 59.6 cm³/mol. The number of aliphatic hydroxyl groups is 1. The third-order valence-electron chi connectivity index (χ3n) is 2.36. The third-order valence-corrected chi connectivity index (χ3v) is 2.62. The van der Waals surface area contributed by atoms with Crippen LogP contribution in [-0.4, -0.2) is 18.3 Å². The zero-order chi connectivity index (χ0) is 10.6. The van der Waals surface area contributed by atoms with Gasteiger partial charge in [-0.3, -0.25) is 0 Å². The van der Waals surface area contributed by atoms with Crippen LogP contribution in [0.1, 0.15) is 19.4 Å². The Kier molecular flexibility index (Phi) is 3.93. The molecule has 3 heteroatoms. The van der Waals surface area contributed by atoms with Gasteiger partial charge in [0.15, 0.2) is 0 Å². The molecule has 1 rings (SSSR count). The molecule has 0 radical (unpaired) electrons. The zero-order valence-electron chi connectivity index (χ0n) is 8.55. The summed E-state index contributed by atoms with van der Waals surface area (Å²) in [6, 6.07) is 7.53. The van der Waals surface area contributed by atoms with E-state index in [1.165, 1.54) is 0 Å². The Morgan fingerprint density at radius 1 is 1.36 bits per heavy atom. The van der Waals surface area contributed by atoms with E-state index >= 15 is 0 Å². The summed E-state index contributed by atoms with van der Waals surface area (Å²) in [4.78, 5) is 0. The Hall–Kier alpha value is -0.570. The molecular formula is C11H16ClNO. The predicted octanol–water partition coefficient (Wildman–Crippen LogP) is 2.16. The normalized spacial score (nSPS) is 15.1. The van der Waals surface area contributed by atoms with E-state index in [1.807, 2.05) is 38.1 Å². The lowest BCUT2D eigenvalue weighted by molar-refractivity contribution is 0.177. The fourth-order valence-corrected chi connectivity index (χ4v) is 1.58. The van der Waals surface area contributed by atoms with E-state index in [0.29, 0.717) is 5.02 Å². The SMILES string of the molecule is CCNC(C)(CO)c1ccc(Cl)cc1. The molecule has 0 saturated carbocycles. The molecule has 0 amide bonds. The second-order valence-corrected chi connectivity index (χ2v) is 3.96. The smallest absolute Gasteiger partial charge is 0.0652 e. The van der Waals surface area contributed by atoms with Crippen LogP contribution in [0.3, 0.4) is 0 Å². The molecular weight excluding hydrogens is 198 g/mol. The Morgan fingerprint density at radius 3 is 2.36 bits per heavy atom. The summed E-state index contributed by atoms with van der Waals surface area (Å²) in [5, 5.41) is 13.3. The lowest BCUT2D eigenvalue weighted by Gasteiger charge is -2.28. The van der Waals surface area contributed by atoms with Crippen LogP contribution in [0.5, 0.6) is 0 Å². The van der Waals surface area contributed by atoms with Crippen molar-refractivity contribution in [2.45, 2.75) is 19.4 Å². The largest absolute Gasteiger partial charge is 0.394 e. The van der Waals surface area contributed by atoms with Gasteiger partial charge in [-0.1, -0.05) is 30.7 Å². The Morgan fingerprint density at radius 2 is 1.93 bits per heavy atom. The van der Waals surface area contributed by atoms with Crippen molar-refractivity contribution >= 4 is 11.6 Å². The minimum atomic E-state index is -0.376. The van der Waals surface area contributed by atoms with Crippen molar-refractivity contribution in [1.82, 2.24) is 5.32 Å². The van der Waals surface area contributed by atoms with Crippen molar-refractivity contribution in [2.75, 3.05) is 13.2 Å². The summed E-state index contributed by atoms with van der Waals surface area (Å²) in [5.74, 6) is 0. The number of rotatable bonds is 4. The van der Waals surface area contributed by atoms with Gasteiger partial charge in [-0.25, -0.2) is 0 Å². The molecule has 2 nitrogen and oxygen atoms in total. The number of hydrogen-bond acceptors (Lipinski definition) is 2. The van der Waals surface area contributed by atoms with Crippen molar-refractivity contribution in [2.24, 2.45) is 0 Å². The number of nitrogens with one attached hydrogen (secondary N) is 1. The van der Waals surface area contributed by atoms with Crippen LogP contribution in [0.4, 0.5) is 0 Å². The topological polar surface area (TPSA) is 32.3 Å². The molecule has 14 heavy (non-hydrogen) atoms. The lowest BCUT2D eigenvalue weighted by atomic mass is 9.93. The molecule has 0 aliphatic carbocycles. The van der Waals surface area contributed by atoms with Gasteiger partial charge in [0.1, 0.15) is 0 Å². The van der Waals surface area contributed by atoms with E-state index in [0.717, 1.165) is 12.1 Å². The van der Waals surface area contributed by atoms with E-state index in [2.05, 4.69) is 5.32 Å². The molecule has 1 atom stereocenters. The fourth-order valence-electron chi connectivity index (χ4n) is 1.46. The van der Waals surface area contributed by atoms with Gasteiger partial charge in [0.05, 0.1) is 12.1 Å². The molecule has 2 N–H and O–H groups in total. The summed E-state index contributed by atoms with van der Waals surface area (Å²) in [5.41, 5.74) is 0.672. The number of aliphatic hydroxyl groups excluding tert-OH is 1. The first-order valence-corrected chi connectivity index (χ1v) is 5.12. The summed E-state index contributed by atoms with van der Waals surface area (Å²) >= 11 is 5.80. The second kappa shape index (κ2) is 4.78. The summed E-state index contributed by atoms with van der Waals surface area (Å²) in [6.07, 6.45) is 0. The van der Waals surface area contributed by atoms with Crippen LogP contribution in [0.25, 0.3) is 0 Å². The molecule has 0 aliphatic rings. The van der Waals surface area contributed by atoms with Gasteiger partial charge < -0.3 is 10.4 Å². The Labute approximate surface area is 89.9 Å². The summed E-state index contributed by atoms with van der Waals surface area (Å²) in [7, 11) is 0. The van der Waals surface area contributed by atoms with E-state index in [9.17, 15) is 5.11 Å². The average Bonchev–Trinajstić information content (AvgIpc) is 2.19. The molecule has 0 aliphatic heterocycles. The van der Waals surface area contributed by atoms with E-state index in [4.69, 9.17) is 11.6 Å². The standard InChI is InChI=1S/C11H16ClNO/c1-3-13-11(2,8-14)9-4-6-10(12)7-5-9/h4-7,13-14H,3,8H2,1-2H3. The number of halogens is 1. The number of likely N-dealkylation sites (N-methyl/N-ethyl adjacent to an activating group) is 1. The number of benzene rings is 1. The summed E-state index contributed by atoms with van der Waals surface area (Å²) < 4.78 is 0. The van der Waals surface area contributed by atoms with E-state index in [1.54, 1.807) is 0 Å². The molecule has 0 saturated heterocycles. The highest BCUT2D eigenvalue weighted by Gasteiger charge is 2.23. The monoisotopic (exact) mass is 213 g/mol. The van der Waals surface area contributed by atoms with E-state index < -0.39 is 0 Å². The molecule has 0 heterocycles. The highest BCUT2D eigenvalue weighted by molar-refractivity contribution is 6.30. The average molecular weight is 214 g/mol. The van der Waals surface area contributed by atoms with Crippen LogP contribution in [0.2, 0.25) is 5.02 Å². The minimum absolute atomic E-state index is 0.0719.